The number of hydrogen-bond donors (Lipinski definition) is 2. The van der Waals surface area contributed by atoms with Gasteiger partial charge in [0.05, 0.1) is 31.5 Å². The normalized spacial score (nSPS) is 24.5. The third-order valence-corrected chi connectivity index (χ3v) is 9.33. The molecule has 10 heteroatoms. The van der Waals surface area contributed by atoms with Crippen LogP contribution in [-0.4, -0.2) is 66.2 Å². The van der Waals surface area contributed by atoms with E-state index in [0.717, 1.165) is 47.9 Å². The Balaban J connectivity index is 1.45. The van der Waals surface area contributed by atoms with Crippen molar-refractivity contribution in [3.05, 3.63) is 60.2 Å². The Morgan fingerprint density at radius 3 is 2.59 bits per heavy atom. The zero-order valence-corrected chi connectivity index (χ0v) is 26.7. The molecule has 3 heterocycles. The first-order valence-electron chi connectivity index (χ1n) is 16.1. The Morgan fingerprint density at radius 1 is 1.11 bits per heavy atom. The van der Waals surface area contributed by atoms with Crippen molar-refractivity contribution in [3.63, 3.8) is 0 Å². The van der Waals surface area contributed by atoms with Gasteiger partial charge in [-0.25, -0.2) is 9.78 Å². The average molecular weight is 627 g/mol. The van der Waals surface area contributed by atoms with Gasteiger partial charge >= 0.3 is 6.09 Å². The number of nitrogens with two attached hydrogens (primary N) is 1. The summed E-state index contributed by atoms with van der Waals surface area (Å²) in [5, 5.41) is 3.64. The van der Waals surface area contributed by atoms with Gasteiger partial charge in [0.15, 0.2) is 0 Å². The van der Waals surface area contributed by atoms with Gasteiger partial charge in [-0.15, -0.1) is 0 Å². The SMILES string of the molecule is COc1cc2nc(-c3ccccc3)cc3c2cc1/C=C/CC(C)(C)COC(=O)N[C@@H](C1CCCC1)C(=O)N1C[C@@H](C[C@H]1C(N)=O)O3. The Hall–Kier alpha value is -4.60. The van der Waals surface area contributed by atoms with Gasteiger partial charge in [0.1, 0.15) is 29.7 Å². The number of aromatic nitrogens is 1. The maximum absolute atomic E-state index is 14.2. The fraction of sp³-hybridized carbons (Fsp3) is 0.444. The molecule has 1 aliphatic carbocycles. The molecular formula is C36H42N4O6. The fourth-order valence-corrected chi connectivity index (χ4v) is 6.82. The number of amides is 3. The molecule has 46 heavy (non-hydrogen) atoms. The summed E-state index contributed by atoms with van der Waals surface area (Å²) in [5.74, 6) is 0.236. The first-order chi connectivity index (χ1) is 22.1. The van der Waals surface area contributed by atoms with Crippen molar-refractivity contribution in [2.75, 3.05) is 20.3 Å². The summed E-state index contributed by atoms with van der Waals surface area (Å²) in [7, 11) is 1.62. The van der Waals surface area contributed by atoms with E-state index in [1.54, 1.807) is 7.11 Å². The molecule has 1 saturated heterocycles. The maximum Gasteiger partial charge on any atom is 0.407 e. The zero-order chi connectivity index (χ0) is 32.4. The van der Waals surface area contributed by atoms with E-state index in [1.807, 2.05) is 74.5 Å². The molecule has 0 radical (unpaired) electrons. The van der Waals surface area contributed by atoms with Crippen molar-refractivity contribution in [1.82, 2.24) is 15.2 Å². The lowest BCUT2D eigenvalue weighted by Crippen LogP contribution is -2.55. The predicted octanol–water partition coefficient (Wildman–Crippen LogP) is 5.47. The van der Waals surface area contributed by atoms with Crippen molar-refractivity contribution in [3.8, 4) is 22.8 Å². The van der Waals surface area contributed by atoms with Crippen LogP contribution in [0.25, 0.3) is 28.2 Å². The highest BCUT2D eigenvalue weighted by atomic mass is 16.5. The van der Waals surface area contributed by atoms with Crippen LogP contribution in [0.4, 0.5) is 4.79 Å². The molecule has 1 aromatic heterocycles. The highest BCUT2D eigenvalue weighted by molar-refractivity contribution is 5.93. The molecule has 2 aliphatic heterocycles. The zero-order valence-electron chi connectivity index (χ0n) is 26.7. The number of carbonyl (C=O) groups is 3. The van der Waals surface area contributed by atoms with Gasteiger partial charge in [-0.3, -0.25) is 9.59 Å². The largest absolute Gasteiger partial charge is 0.496 e. The van der Waals surface area contributed by atoms with Crippen LogP contribution in [0.1, 0.15) is 57.9 Å². The minimum atomic E-state index is -0.875. The maximum atomic E-state index is 14.2. The first kappa shape index (κ1) is 31.4. The monoisotopic (exact) mass is 626 g/mol. The highest BCUT2D eigenvalue weighted by Crippen LogP contribution is 2.38. The molecule has 3 amide bonds. The number of nitrogens with zero attached hydrogens (tertiary/aromatic N) is 2. The van der Waals surface area contributed by atoms with Gasteiger partial charge in [0.2, 0.25) is 11.8 Å². The topological polar surface area (TPSA) is 133 Å². The van der Waals surface area contributed by atoms with Crippen molar-refractivity contribution in [2.45, 2.75) is 70.6 Å². The Kier molecular flexibility index (Phi) is 8.88. The second kappa shape index (κ2) is 13.0. The number of methoxy groups -OCH3 is 1. The van der Waals surface area contributed by atoms with Gasteiger partial charge in [-0.2, -0.15) is 0 Å². The molecule has 3 N–H and O–H groups in total. The van der Waals surface area contributed by atoms with Crippen LogP contribution in [-0.2, 0) is 14.3 Å². The van der Waals surface area contributed by atoms with Crippen molar-refractivity contribution in [1.29, 1.82) is 0 Å². The van der Waals surface area contributed by atoms with Crippen LogP contribution in [0.3, 0.4) is 0 Å². The summed E-state index contributed by atoms with van der Waals surface area (Å²) in [6.07, 6.45) is 7.27. The lowest BCUT2D eigenvalue weighted by molar-refractivity contribution is -0.140. The number of pyridine rings is 1. The van der Waals surface area contributed by atoms with Crippen LogP contribution in [0.5, 0.6) is 11.5 Å². The predicted molar refractivity (Wildman–Crippen MR) is 175 cm³/mol. The van der Waals surface area contributed by atoms with Crippen LogP contribution in [0.15, 0.2) is 54.6 Å². The third-order valence-electron chi connectivity index (χ3n) is 9.33. The Morgan fingerprint density at radius 2 is 1.87 bits per heavy atom. The summed E-state index contributed by atoms with van der Waals surface area (Å²) in [5.41, 5.74) is 8.66. The second-order valence-corrected chi connectivity index (χ2v) is 13.4. The Bertz CT molecular complexity index is 1650. The van der Waals surface area contributed by atoms with E-state index in [9.17, 15) is 14.4 Å². The number of carbonyl (C=O) groups excluding carboxylic acids is 3. The summed E-state index contributed by atoms with van der Waals surface area (Å²) in [6, 6.07) is 13.9. The molecule has 3 aliphatic rings. The van der Waals surface area contributed by atoms with Gasteiger partial charge < -0.3 is 30.2 Å². The smallest absolute Gasteiger partial charge is 0.407 e. The molecule has 0 unspecified atom stereocenters. The third kappa shape index (κ3) is 6.66. The van der Waals surface area contributed by atoms with E-state index in [-0.39, 0.29) is 36.8 Å². The average Bonchev–Trinajstić information content (AvgIpc) is 3.73. The molecule has 1 saturated carbocycles. The van der Waals surface area contributed by atoms with Crippen LogP contribution in [0, 0.1) is 11.3 Å². The number of alkyl carbamates (subject to hydrolysis) is 1. The van der Waals surface area contributed by atoms with Crippen LogP contribution >= 0.6 is 0 Å². The molecule has 4 bridgehead atoms. The summed E-state index contributed by atoms with van der Waals surface area (Å²) >= 11 is 0. The number of allylic oxidation sites excluding steroid dienone is 1. The van der Waals surface area contributed by atoms with E-state index in [2.05, 4.69) is 5.32 Å². The van der Waals surface area contributed by atoms with E-state index < -0.39 is 30.2 Å². The van der Waals surface area contributed by atoms with E-state index >= 15 is 0 Å². The van der Waals surface area contributed by atoms with E-state index in [4.69, 9.17) is 24.9 Å². The number of primary amides is 1. The molecule has 2 fully saturated rings. The van der Waals surface area contributed by atoms with Crippen LogP contribution < -0.4 is 20.5 Å². The number of benzene rings is 2. The molecule has 6 rings (SSSR count). The van der Waals surface area contributed by atoms with Gasteiger partial charge in [0.25, 0.3) is 0 Å². The number of cyclic esters (lactones) is 1. The summed E-state index contributed by atoms with van der Waals surface area (Å²) < 4.78 is 18.1. The molecule has 3 atom stereocenters. The van der Waals surface area contributed by atoms with Crippen molar-refractivity contribution < 1.29 is 28.6 Å². The first-order valence-corrected chi connectivity index (χ1v) is 16.1. The number of rotatable bonds is 4. The van der Waals surface area contributed by atoms with Crippen molar-refractivity contribution in [2.24, 2.45) is 17.1 Å². The van der Waals surface area contributed by atoms with Gasteiger partial charge in [-0.05, 0) is 31.2 Å². The number of ether oxygens (including phenoxy) is 3. The number of hydrogen-bond acceptors (Lipinski definition) is 7. The molecule has 3 aromatic rings. The van der Waals surface area contributed by atoms with Gasteiger partial charge in [0, 0.05) is 40.5 Å². The van der Waals surface area contributed by atoms with E-state index in [0.29, 0.717) is 23.4 Å². The van der Waals surface area contributed by atoms with Crippen LogP contribution in [0.2, 0.25) is 0 Å². The van der Waals surface area contributed by atoms with E-state index in [1.165, 1.54) is 4.90 Å². The lowest BCUT2D eigenvalue weighted by Gasteiger charge is -2.31. The Labute approximate surface area is 269 Å². The molecule has 242 valence electrons. The number of fused-ring (bicyclic) bond motifs is 3. The minimum absolute atomic E-state index is 0.0546. The molecule has 10 nitrogen and oxygen atoms in total. The number of nitrogens with one attached hydrogen (secondary N) is 1. The van der Waals surface area contributed by atoms with Gasteiger partial charge in [-0.1, -0.05) is 69.2 Å². The minimum Gasteiger partial charge on any atom is -0.496 e. The lowest BCUT2D eigenvalue weighted by atomic mass is 9.90. The molecular weight excluding hydrogens is 584 g/mol. The fourth-order valence-electron chi connectivity index (χ4n) is 6.82. The quantitative estimate of drug-likeness (QED) is 0.392. The molecule has 2 aromatic carbocycles. The van der Waals surface area contributed by atoms with Crippen molar-refractivity contribution >= 4 is 34.9 Å². The molecule has 0 spiro atoms. The summed E-state index contributed by atoms with van der Waals surface area (Å²) in [6.45, 7) is 4.34. The highest BCUT2D eigenvalue weighted by Gasteiger charge is 2.45. The standard InChI is InChI=1S/C36H42N4O6/c1-36(2)15-9-14-24-16-26-28(19-30(24)44-3)38-27(22-10-5-4-6-11-22)18-31(26)46-25-17-29(33(37)41)40(20-25)34(42)32(23-12-7-8-13-23)39-35(43)45-21-36/h4-6,9-11,14,16,18-19,23,25,29,32H,7-8,12-13,15,17,20-21H2,1-3H3,(H2,37,41)(H,39,43)/b14-9+/t25-,29+,32+/m1/s1. The second-order valence-electron chi connectivity index (χ2n) is 13.4. The summed E-state index contributed by atoms with van der Waals surface area (Å²) in [4.78, 5) is 46.5.